The lowest BCUT2D eigenvalue weighted by atomic mass is 9.95. The number of carbonyl (C=O) groups is 1. The van der Waals surface area contributed by atoms with Crippen molar-refractivity contribution in [3.63, 3.8) is 0 Å². The van der Waals surface area contributed by atoms with Gasteiger partial charge in [-0.3, -0.25) is 15.2 Å². The molecule has 34 heavy (non-hydrogen) atoms. The molecule has 0 saturated carbocycles. The summed E-state index contributed by atoms with van der Waals surface area (Å²) in [7, 11) is 3.44. The maximum absolute atomic E-state index is 12.4. The van der Waals surface area contributed by atoms with Crippen molar-refractivity contribution in [3.05, 3.63) is 59.8 Å². The Hall–Kier alpha value is -3.34. The number of hydrogen-bond donors (Lipinski definition) is 3. The van der Waals surface area contributed by atoms with Crippen molar-refractivity contribution in [1.29, 1.82) is 5.41 Å². The molecule has 3 N–H and O–H groups in total. The number of carbonyl (C=O) groups excluding carboxylic acids is 1. The summed E-state index contributed by atoms with van der Waals surface area (Å²) in [4.78, 5) is 22.3. The number of aromatic nitrogens is 1. The first kappa shape index (κ1) is 25.3. The first-order valence-electron chi connectivity index (χ1n) is 11.0. The molecule has 3 rings (SSSR count). The molecular weight excluding hydrogens is 436 g/mol. The van der Waals surface area contributed by atoms with Crippen LogP contribution in [0.25, 0.3) is 0 Å². The highest BCUT2D eigenvalue weighted by molar-refractivity contribution is 6.46. The highest BCUT2D eigenvalue weighted by atomic mass is 16.7. The van der Waals surface area contributed by atoms with Gasteiger partial charge in [0.25, 0.3) is 0 Å². The summed E-state index contributed by atoms with van der Waals surface area (Å²) >= 11 is 0. The average Bonchev–Trinajstić information content (AvgIpc) is 2.83. The number of pyridine rings is 1. The molecule has 1 amide bonds. The maximum Gasteiger partial charge on any atom is 0.230 e. The number of anilines is 1. The fourth-order valence-corrected chi connectivity index (χ4v) is 3.08. The zero-order valence-corrected chi connectivity index (χ0v) is 20.0. The van der Waals surface area contributed by atoms with Crippen LogP contribution in [0.15, 0.2) is 53.7 Å². The lowest BCUT2D eigenvalue weighted by Crippen LogP contribution is -2.41. The highest BCUT2D eigenvalue weighted by Crippen LogP contribution is 2.24. The lowest BCUT2D eigenvalue weighted by Gasteiger charge is -2.34. The number of oxime groups is 1. The first-order chi connectivity index (χ1) is 16.3. The molecule has 10 heteroatoms. The summed E-state index contributed by atoms with van der Waals surface area (Å²) < 4.78 is 11.2. The molecule has 182 valence electrons. The molecule has 0 spiro atoms. The SMILES string of the molecule is CNN(C)C(=N)/C(=N\OCc1cccc(NC(=O)CC2OCC(C)(C)CO2)n1)c1ccccc1. The molecule has 1 aromatic carbocycles. The van der Waals surface area contributed by atoms with Crippen LogP contribution in [0.1, 0.15) is 31.5 Å². The van der Waals surface area contributed by atoms with Gasteiger partial charge in [0, 0.05) is 25.1 Å². The molecule has 0 bridgehead atoms. The van der Waals surface area contributed by atoms with Gasteiger partial charge >= 0.3 is 0 Å². The van der Waals surface area contributed by atoms with Gasteiger partial charge in [-0.15, -0.1) is 0 Å². The van der Waals surface area contributed by atoms with E-state index in [9.17, 15) is 4.79 Å². The van der Waals surface area contributed by atoms with Crippen LogP contribution in [0.4, 0.5) is 5.82 Å². The van der Waals surface area contributed by atoms with Gasteiger partial charge in [0.2, 0.25) is 5.91 Å². The molecule has 1 aliphatic heterocycles. The second-order valence-corrected chi connectivity index (χ2v) is 8.69. The molecular formula is C24H32N6O4. The van der Waals surface area contributed by atoms with E-state index in [2.05, 4.69) is 34.7 Å². The van der Waals surface area contributed by atoms with Gasteiger partial charge in [-0.1, -0.05) is 55.4 Å². The second-order valence-electron chi connectivity index (χ2n) is 8.69. The topological polar surface area (TPSA) is 121 Å². The normalized spacial score (nSPS) is 16.1. The molecule has 0 radical (unpaired) electrons. The van der Waals surface area contributed by atoms with Gasteiger partial charge in [-0.2, -0.15) is 0 Å². The number of benzene rings is 1. The Kier molecular flexibility index (Phi) is 8.69. The van der Waals surface area contributed by atoms with Crippen LogP contribution in [0.2, 0.25) is 0 Å². The number of rotatable bonds is 9. The second kappa shape index (κ2) is 11.7. The Balaban J connectivity index is 1.59. The third kappa shape index (κ3) is 7.34. The van der Waals surface area contributed by atoms with Gasteiger partial charge in [0.15, 0.2) is 24.4 Å². The van der Waals surface area contributed by atoms with Gasteiger partial charge in [-0.05, 0) is 12.1 Å². The van der Waals surface area contributed by atoms with E-state index in [-0.39, 0.29) is 30.2 Å². The minimum atomic E-state index is -0.559. The van der Waals surface area contributed by atoms with Gasteiger partial charge in [-0.25, -0.2) is 10.4 Å². The zero-order valence-electron chi connectivity index (χ0n) is 20.0. The number of ether oxygens (including phenoxy) is 2. The number of amides is 1. The van der Waals surface area contributed by atoms with E-state index in [0.29, 0.717) is 30.4 Å². The van der Waals surface area contributed by atoms with Crippen LogP contribution in [0.3, 0.4) is 0 Å². The van der Waals surface area contributed by atoms with Gasteiger partial charge in [0.1, 0.15) is 5.82 Å². The fraction of sp³-hybridized carbons (Fsp3) is 0.417. The number of nitrogens with zero attached hydrogens (tertiary/aromatic N) is 3. The predicted molar refractivity (Wildman–Crippen MR) is 129 cm³/mol. The molecule has 2 heterocycles. The van der Waals surface area contributed by atoms with Crippen LogP contribution >= 0.6 is 0 Å². The lowest BCUT2D eigenvalue weighted by molar-refractivity contribution is -0.222. The van der Waals surface area contributed by atoms with E-state index in [1.165, 1.54) is 5.01 Å². The van der Waals surface area contributed by atoms with Gasteiger partial charge < -0.3 is 19.6 Å². The van der Waals surface area contributed by atoms with Crippen molar-refractivity contribution in [3.8, 4) is 0 Å². The third-order valence-corrected chi connectivity index (χ3v) is 5.06. The van der Waals surface area contributed by atoms with Crippen molar-refractivity contribution >= 4 is 23.3 Å². The maximum atomic E-state index is 12.4. The number of hydrogen-bond acceptors (Lipinski definition) is 8. The summed E-state index contributed by atoms with van der Waals surface area (Å²) in [6.07, 6.45) is -0.471. The zero-order chi connectivity index (χ0) is 24.6. The number of nitrogens with one attached hydrogen (secondary N) is 3. The predicted octanol–water partition coefficient (Wildman–Crippen LogP) is 2.77. The van der Waals surface area contributed by atoms with Crippen molar-refractivity contribution in [1.82, 2.24) is 15.4 Å². The van der Waals surface area contributed by atoms with Crippen molar-refractivity contribution in [2.24, 2.45) is 10.6 Å². The van der Waals surface area contributed by atoms with E-state index < -0.39 is 6.29 Å². The Morgan fingerprint density at radius 2 is 1.91 bits per heavy atom. The smallest absolute Gasteiger partial charge is 0.230 e. The molecule has 1 aromatic heterocycles. The largest absolute Gasteiger partial charge is 0.389 e. The first-order valence-corrected chi connectivity index (χ1v) is 11.0. The van der Waals surface area contributed by atoms with Crippen molar-refractivity contribution in [2.75, 3.05) is 32.6 Å². The Morgan fingerprint density at radius 1 is 1.21 bits per heavy atom. The van der Waals surface area contributed by atoms with Crippen molar-refractivity contribution < 1.29 is 19.1 Å². The van der Waals surface area contributed by atoms with E-state index in [0.717, 1.165) is 5.56 Å². The molecule has 1 fully saturated rings. The third-order valence-electron chi connectivity index (χ3n) is 5.06. The summed E-state index contributed by atoms with van der Waals surface area (Å²) in [5.74, 6) is 0.304. The summed E-state index contributed by atoms with van der Waals surface area (Å²) in [6.45, 7) is 5.26. The van der Waals surface area contributed by atoms with Crippen LogP contribution in [0, 0.1) is 10.8 Å². The Morgan fingerprint density at radius 3 is 2.59 bits per heavy atom. The molecule has 0 atom stereocenters. The fourth-order valence-electron chi connectivity index (χ4n) is 3.08. The standard InChI is InChI=1S/C24H32N6O4/c1-24(2)15-32-21(33-16-24)13-20(31)28-19-12-8-11-18(27-19)14-34-29-22(23(25)30(4)26-3)17-9-6-5-7-10-17/h5-12,21,25-26H,13-16H2,1-4H3,(H,27,28,31)/b25-23?,29-22-. The summed E-state index contributed by atoms with van der Waals surface area (Å²) in [5.41, 5.74) is 4.53. The van der Waals surface area contributed by atoms with E-state index in [1.54, 1.807) is 32.3 Å². The van der Waals surface area contributed by atoms with E-state index >= 15 is 0 Å². The Labute approximate surface area is 199 Å². The van der Waals surface area contributed by atoms with Crippen LogP contribution < -0.4 is 10.7 Å². The van der Waals surface area contributed by atoms with Crippen LogP contribution in [-0.2, 0) is 25.7 Å². The Bertz CT molecular complexity index is 1000. The number of likely N-dealkylation sites (N-methyl/N-ethyl adjacent to an activating group) is 1. The quantitative estimate of drug-likeness (QED) is 0.294. The van der Waals surface area contributed by atoms with E-state index in [1.807, 2.05) is 30.3 Å². The van der Waals surface area contributed by atoms with Crippen molar-refractivity contribution in [2.45, 2.75) is 33.2 Å². The molecule has 1 aliphatic rings. The molecule has 0 aliphatic carbocycles. The average molecular weight is 469 g/mol. The molecule has 0 unspecified atom stereocenters. The van der Waals surface area contributed by atoms with Crippen LogP contribution in [-0.4, -0.2) is 61.0 Å². The van der Waals surface area contributed by atoms with Crippen LogP contribution in [0.5, 0.6) is 0 Å². The number of hydrazine groups is 1. The summed E-state index contributed by atoms with van der Waals surface area (Å²) in [6, 6.07) is 14.6. The number of amidine groups is 1. The molecule has 10 nitrogen and oxygen atoms in total. The minimum Gasteiger partial charge on any atom is -0.389 e. The monoisotopic (exact) mass is 468 g/mol. The minimum absolute atomic E-state index is 0.0489. The highest BCUT2D eigenvalue weighted by Gasteiger charge is 2.29. The summed E-state index contributed by atoms with van der Waals surface area (Å²) in [5, 5.41) is 16.9. The molecule has 2 aromatic rings. The van der Waals surface area contributed by atoms with Gasteiger partial charge in [0.05, 0.1) is 25.3 Å². The van der Waals surface area contributed by atoms with E-state index in [4.69, 9.17) is 19.7 Å². The molecule has 1 saturated heterocycles.